The Balaban J connectivity index is 1.51. The number of aryl methyl sites for hydroxylation is 2. The van der Waals surface area contributed by atoms with Gasteiger partial charge in [0.25, 0.3) is 0 Å². The molecule has 3 aromatic rings. The van der Waals surface area contributed by atoms with E-state index in [1.54, 1.807) is 7.11 Å². The van der Waals surface area contributed by atoms with E-state index in [4.69, 9.17) is 14.2 Å². The molecule has 5 heteroatoms. The zero-order valence-electron chi connectivity index (χ0n) is 20.1. The average Bonchev–Trinajstić information content (AvgIpc) is 2.85. The normalized spacial score (nSPS) is 14.5. The first kappa shape index (κ1) is 23.8. The molecule has 1 aliphatic heterocycles. The van der Waals surface area contributed by atoms with E-state index < -0.39 is 0 Å². The first-order valence-electron chi connectivity index (χ1n) is 11.9. The maximum Gasteiger partial charge on any atom is 0.223 e. The molecule has 0 fully saturated rings. The minimum absolute atomic E-state index is 0.115. The number of benzene rings is 3. The van der Waals surface area contributed by atoms with Crippen LogP contribution in [-0.4, -0.2) is 44.3 Å². The van der Waals surface area contributed by atoms with Gasteiger partial charge in [0.05, 0.1) is 20.3 Å². The molecule has 0 aromatic heterocycles. The van der Waals surface area contributed by atoms with Crippen molar-refractivity contribution in [2.24, 2.45) is 0 Å². The molecule has 0 saturated heterocycles. The summed E-state index contributed by atoms with van der Waals surface area (Å²) in [5, 5.41) is 0. The van der Waals surface area contributed by atoms with Gasteiger partial charge < -0.3 is 19.1 Å². The van der Waals surface area contributed by atoms with Crippen LogP contribution in [0, 0.1) is 6.92 Å². The van der Waals surface area contributed by atoms with Crippen molar-refractivity contribution in [3.05, 3.63) is 94.5 Å². The number of methoxy groups -OCH3 is 1. The lowest BCUT2D eigenvalue weighted by Crippen LogP contribution is -2.34. The minimum atomic E-state index is 0.115. The highest BCUT2D eigenvalue weighted by atomic mass is 16.5. The zero-order valence-corrected chi connectivity index (χ0v) is 20.1. The maximum absolute atomic E-state index is 13.2. The molecule has 0 N–H and O–H groups in total. The summed E-state index contributed by atoms with van der Waals surface area (Å²) >= 11 is 0. The van der Waals surface area contributed by atoms with Gasteiger partial charge in [-0.05, 0) is 47.7 Å². The molecule has 0 saturated carbocycles. The molecule has 0 spiro atoms. The van der Waals surface area contributed by atoms with Gasteiger partial charge in [0.2, 0.25) is 5.91 Å². The van der Waals surface area contributed by atoms with E-state index in [1.165, 1.54) is 16.7 Å². The quantitative estimate of drug-likeness (QED) is 0.553. The SMILES string of the molecule is COc1ccccc1CCC(=O)N1CCOCCOc2ccc(C)cc2Cc2cccc(c2)C1. The molecule has 34 heavy (non-hydrogen) atoms. The van der Waals surface area contributed by atoms with Crippen molar-refractivity contribution in [3.63, 3.8) is 0 Å². The summed E-state index contributed by atoms with van der Waals surface area (Å²) in [6.07, 6.45) is 1.85. The first-order valence-corrected chi connectivity index (χ1v) is 11.9. The van der Waals surface area contributed by atoms with Crippen LogP contribution in [0.15, 0.2) is 66.7 Å². The van der Waals surface area contributed by atoms with Gasteiger partial charge in [-0.1, -0.05) is 60.2 Å². The van der Waals surface area contributed by atoms with Crippen LogP contribution in [0.3, 0.4) is 0 Å². The molecule has 0 aliphatic carbocycles. The van der Waals surface area contributed by atoms with Crippen molar-refractivity contribution in [1.29, 1.82) is 0 Å². The third kappa shape index (κ3) is 6.39. The second-order valence-corrected chi connectivity index (χ2v) is 8.70. The molecule has 1 amide bonds. The number of amides is 1. The summed E-state index contributed by atoms with van der Waals surface area (Å²) in [6, 6.07) is 22.7. The molecule has 2 bridgehead atoms. The van der Waals surface area contributed by atoms with E-state index in [9.17, 15) is 4.79 Å². The standard InChI is InChI=1S/C29H33NO4/c1-22-10-12-28-26(18-22)20-23-6-5-7-24(19-23)21-30(14-15-33-16-17-34-28)29(31)13-11-25-8-3-4-9-27(25)32-2/h3-10,12,18-19H,11,13-17,20-21H2,1-2H3. The Kier molecular flexibility index (Phi) is 8.21. The number of hydrogen-bond donors (Lipinski definition) is 0. The Labute approximate surface area is 202 Å². The lowest BCUT2D eigenvalue weighted by Gasteiger charge is -2.24. The Morgan fingerprint density at radius 2 is 1.82 bits per heavy atom. The highest BCUT2D eigenvalue weighted by Crippen LogP contribution is 2.24. The molecule has 1 heterocycles. The van der Waals surface area contributed by atoms with Gasteiger partial charge >= 0.3 is 0 Å². The van der Waals surface area contributed by atoms with Gasteiger partial charge in [-0.2, -0.15) is 0 Å². The number of ether oxygens (including phenoxy) is 3. The van der Waals surface area contributed by atoms with Crippen molar-refractivity contribution in [1.82, 2.24) is 4.90 Å². The Morgan fingerprint density at radius 3 is 2.71 bits per heavy atom. The summed E-state index contributed by atoms with van der Waals surface area (Å²) in [7, 11) is 1.66. The zero-order chi connectivity index (χ0) is 23.8. The van der Waals surface area contributed by atoms with Crippen LogP contribution >= 0.6 is 0 Å². The van der Waals surface area contributed by atoms with E-state index in [-0.39, 0.29) is 5.91 Å². The smallest absolute Gasteiger partial charge is 0.223 e. The van der Waals surface area contributed by atoms with Crippen LogP contribution in [0.2, 0.25) is 0 Å². The summed E-state index contributed by atoms with van der Waals surface area (Å²) in [4.78, 5) is 15.1. The lowest BCUT2D eigenvalue weighted by molar-refractivity contribution is -0.132. The predicted octanol–water partition coefficient (Wildman–Crippen LogP) is 4.96. The van der Waals surface area contributed by atoms with Crippen LogP contribution in [0.1, 0.15) is 34.2 Å². The molecular weight excluding hydrogens is 426 g/mol. The van der Waals surface area contributed by atoms with E-state index in [0.717, 1.165) is 29.0 Å². The largest absolute Gasteiger partial charge is 0.496 e. The third-order valence-electron chi connectivity index (χ3n) is 6.12. The van der Waals surface area contributed by atoms with Crippen LogP contribution < -0.4 is 9.47 Å². The number of nitrogens with zero attached hydrogens (tertiary/aromatic N) is 1. The van der Waals surface area contributed by atoms with Gasteiger partial charge in [0.1, 0.15) is 18.1 Å². The highest BCUT2D eigenvalue weighted by molar-refractivity contribution is 5.76. The van der Waals surface area contributed by atoms with Gasteiger partial charge in [-0.25, -0.2) is 0 Å². The predicted molar refractivity (Wildman–Crippen MR) is 133 cm³/mol. The number of carbonyl (C=O) groups excluding carboxylic acids is 1. The fourth-order valence-electron chi connectivity index (χ4n) is 4.35. The average molecular weight is 460 g/mol. The number of carbonyl (C=O) groups is 1. The molecule has 4 rings (SSSR count). The molecular formula is C29H33NO4. The van der Waals surface area contributed by atoms with E-state index in [0.29, 0.717) is 45.8 Å². The van der Waals surface area contributed by atoms with Crippen molar-refractivity contribution < 1.29 is 19.0 Å². The van der Waals surface area contributed by atoms with E-state index in [2.05, 4.69) is 43.3 Å². The van der Waals surface area contributed by atoms with Crippen molar-refractivity contribution in [2.75, 3.05) is 33.5 Å². The first-order chi connectivity index (χ1) is 16.6. The summed E-state index contributed by atoms with van der Waals surface area (Å²) in [5.74, 6) is 1.84. The number of hydrogen-bond acceptors (Lipinski definition) is 4. The second kappa shape index (κ2) is 11.7. The molecule has 178 valence electrons. The molecule has 0 atom stereocenters. The fraction of sp³-hybridized carbons (Fsp3) is 0.345. The molecule has 0 radical (unpaired) electrons. The molecule has 1 aliphatic rings. The minimum Gasteiger partial charge on any atom is -0.496 e. The van der Waals surface area contributed by atoms with E-state index in [1.807, 2.05) is 35.2 Å². The Morgan fingerprint density at radius 1 is 0.971 bits per heavy atom. The fourth-order valence-corrected chi connectivity index (χ4v) is 4.35. The molecule has 0 unspecified atom stereocenters. The Bertz CT molecular complexity index is 1110. The number of rotatable bonds is 4. The third-order valence-corrected chi connectivity index (χ3v) is 6.12. The van der Waals surface area contributed by atoms with Crippen molar-refractivity contribution in [3.8, 4) is 11.5 Å². The second-order valence-electron chi connectivity index (χ2n) is 8.70. The number of fused-ring (bicyclic) bond motifs is 3. The number of para-hydroxylation sites is 1. The van der Waals surface area contributed by atoms with E-state index >= 15 is 0 Å². The Hall–Kier alpha value is -3.31. The van der Waals surface area contributed by atoms with Crippen LogP contribution in [-0.2, 0) is 28.9 Å². The van der Waals surface area contributed by atoms with Gasteiger partial charge in [0, 0.05) is 25.9 Å². The highest BCUT2D eigenvalue weighted by Gasteiger charge is 2.16. The summed E-state index contributed by atoms with van der Waals surface area (Å²) < 4.78 is 17.3. The lowest BCUT2D eigenvalue weighted by atomic mass is 10.00. The van der Waals surface area contributed by atoms with Gasteiger partial charge in [-0.3, -0.25) is 4.79 Å². The van der Waals surface area contributed by atoms with Crippen molar-refractivity contribution in [2.45, 2.75) is 32.7 Å². The van der Waals surface area contributed by atoms with Gasteiger partial charge in [0.15, 0.2) is 0 Å². The van der Waals surface area contributed by atoms with Crippen LogP contribution in [0.5, 0.6) is 11.5 Å². The molecule has 5 nitrogen and oxygen atoms in total. The van der Waals surface area contributed by atoms with Crippen molar-refractivity contribution >= 4 is 5.91 Å². The maximum atomic E-state index is 13.2. The summed E-state index contributed by atoms with van der Waals surface area (Å²) in [6.45, 7) is 4.66. The monoisotopic (exact) mass is 459 g/mol. The molecule has 3 aromatic carbocycles. The van der Waals surface area contributed by atoms with Gasteiger partial charge in [-0.15, -0.1) is 0 Å². The van der Waals surface area contributed by atoms with Crippen LogP contribution in [0.4, 0.5) is 0 Å². The van der Waals surface area contributed by atoms with Crippen LogP contribution in [0.25, 0.3) is 0 Å². The topological polar surface area (TPSA) is 48.0 Å². The summed E-state index contributed by atoms with van der Waals surface area (Å²) in [5.41, 5.74) is 5.75.